The Bertz CT molecular complexity index is 416. The predicted octanol–water partition coefficient (Wildman–Crippen LogP) is 3.06. The number of nitrogens with one attached hydrogen (secondary N) is 1. The summed E-state index contributed by atoms with van der Waals surface area (Å²) in [5, 5.41) is 2.86. The van der Waals surface area contributed by atoms with Crippen LogP contribution < -0.4 is 10.2 Å². The van der Waals surface area contributed by atoms with Crippen molar-refractivity contribution in [3.63, 3.8) is 0 Å². The van der Waals surface area contributed by atoms with Crippen molar-refractivity contribution in [3.05, 3.63) is 18.3 Å². The third kappa shape index (κ3) is 3.94. The second-order valence-electron chi connectivity index (χ2n) is 5.40. The Morgan fingerprint density at radius 2 is 2.37 bits per heavy atom. The molecule has 1 aromatic rings. The largest absolute Gasteiger partial charge is 0.356 e. The van der Waals surface area contributed by atoms with Crippen LogP contribution in [-0.2, 0) is 4.79 Å². The molecule has 2 rings (SSSR count). The van der Waals surface area contributed by atoms with E-state index in [1.54, 1.807) is 6.20 Å². The number of carbonyl (C=O) groups excluding carboxylic acids is 1. The van der Waals surface area contributed by atoms with E-state index in [-0.39, 0.29) is 5.91 Å². The van der Waals surface area contributed by atoms with Crippen LogP contribution in [0.4, 0.5) is 11.5 Å². The van der Waals surface area contributed by atoms with Gasteiger partial charge in [-0.25, -0.2) is 4.98 Å². The molecule has 1 amide bonds. The smallest absolute Gasteiger partial charge is 0.224 e. The number of anilines is 2. The number of pyridine rings is 1. The molecule has 0 aromatic carbocycles. The summed E-state index contributed by atoms with van der Waals surface area (Å²) >= 11 is 0. The van der Waals surface area contributed by atoms with Crippen molar-refractivity contribution in [2.24, 2.45) is 5.92 Å². The molecule has 1 saturated heterocycles. The fraction of sp³-hybridized carbons (Fsp3) is 0.600. The average Bonchev–Trinajstić information content (AvgIpc) is 2.40. The molecule has 1 atom stereocenters. The Kier molecular flexibility index (Phi) is 4.77. The van der Waals surface area contributed by atoms with E-state index in [0.29, 0.717) is 6.42 Å². The van der Waals surface area contributed by atoms with Crippen LogP contribution in [0.2, 0.25) is 0 Å². The summed E-state index contributed by atoms with van der Waals surface area (Å²) < 4.78 is 0. The van der Waals surface area contributed by atoms with Gasteiger partial charge in [0, 0.05) is 19.5 Å². The van der Waals surface area contributed by atoms with E-state index in [2.05, 4.69) is 22.1 Å². The van der Waals surface area contributed by atoms with Crippen LogP contribution >= 0.6 is 0 Å². The molecule has 19 heavy (non-hydrogen) atoms. The summed E-state index contributed by atoms with van der Waals surface area (Å²) in [7, 11) is 0. The zero-order chi connectivity index (χ0) is 13.7. The average molecular weight is 261 g/mol. The van der Waals surface area contributed by atoms with Crippen molar-refractivity contribution >= 4 is 17.4 Å². The Hall–Kier alpha value is -1.58. The minimum atomic E-state index is 0.0589. The number of carbonyl (C=O) groups is 1. The van der Waals surface area contributed by atoms with E-state index in [9.17, 15) is 4.79 Å². The Labute approximate surface area is 115 Å². The summed E-state index contributed by atoms with van der Waals surface area (Å²) in [5.74, 6) is 1.81. The van der Waals surface area contributed by atoms with E-state index < -0.39 is 0 Å². The van der Waals surface area contributed by atoms with E-state index in [1.165, 1.54) is 12.8 Å². The van der Waals surface area contributed by atoms with Gasteiger partial charge in [0.15, 0.2) is 0 Å². The molecular weight excluding hydrogens is 238 g/mol. The van der Waals surface area contributed by atoms with E-state index in [0.717, 1.165) is 36.9 Å². The number of amides is 1. The zero-order valence-electron chi connectivity index (χ0n) is 11.9. The summed E-state index contributed by atoms with van der Waals surface area (Å²) in [6.07, 6.45) is 5.72. The predicted molar refractivity (Wildman–Crippen MR) is 78.4 cm³/mol. The highest BCUT2D eigenvalue weighted by atomic mass is 16.1. The van der Waals surface area contributed by atoms with Crippen LogP contribution in [0.25, 0.3) is 0 Å². The Morgan fingerprint density at radius 3 is 3.00 bits per heavy atom. The van der Waals surface area contributed by atoms with Crippen LogP contribution in [-0.4, -0.2) is 24.0 Å². The molecule has 0 radical (unpaired) electrons. The van der Waals surface area contributed by atoms with Crippen LogP contribution in [0.15, 0.2) is 18.3 Å². The monoisotopic (exact) mass is 261 g/mol. The highest BCUT2D eigenvalue weighted by Crippen LogP contribution is 2.22. The molecule has 0 spiro atoms. The maximum Gasteiger partial charge on any atom is 0.224 e. The van der Waals surface area contributed by atoms with Gasteiger partial charge in [-0.15, -0.1) is 0 Å². The number of aromatic nitrogens is 1. The molecule has 1 N–H and O–H groups in total. The second kappa shape index (κ2) is 6.55. The van der Waals surface area contributed by atoms with Gasteiger partial charge >= 0.3 is 0 Å². The highest BCUT2D eigenvalue weighted by molar-refractivity contribution is 5.90. The molecule has 104 valence electrons. The fourth-order valence-electron chi connectivity index (χ4n) is 2.50. The summed E-state index contributed by atoms with van der Waals surface area (Å²) in [5.41, 5.74) is 0.784. The minimum absolute atomic E-state index is 0.0589. The highest BCUT2D eigenvalue weighted by Gasteiger charge is 2.17. The SMILES string of the molecule is CCCC(=O)Nc1ccc(N2CCCC(C)C2)nc1. The molecule has 1 fully saturated rings. The molecule has 0 bridgehead atoms. The lowest BCUT2D eigenvalue weighted by Crippen LogP contribution is -2.34. The Balaban J connectivity index is 1.96. The number of nitrogens with zero attached hydrogens (tertiary/aromatic N) is 2. The number of hydrogen-bond donors (Lipinski definition) is 1. The molecule has 1 aliphatic heterocycles. The van der Waals surface area contributed by atoms with Crippen molar-refractivity contribution < 1.29 is 4.79 Å². The molecular formula is C15H23N3O. The van der Waals surface area contributed by atoms with Crippen LogP contribution in [0.3, 0.4) is 0 Å². The van der Waals surface area contributed by atoms with E-state index >= 15 is 0 Å². The van der Waals surface area contributed by atoms with Crippen molar-refractivity contribution in [2.75, 3.05) is 23.3 Å². The summed E-state index contributed by atoms with van der Waals surface area (Å²) in [6, 6.07) is 3.94. The quantitative estimate of drug-likeness (QED) is 0.906. The Morgan fingerprint density at radius 1 is 1.53 bits per heavy atom. The maximum atomic E-state index is 11.5. The first-order valence-corrected chi connectivity index (χ1v) is 7.20. The van der Waals surface area contributed by atoms with E-state index in [4.69, 9.17) is 0 Å². The van der Waals surface area contributed by atoms with Gasteiger partial charge in [-0.2, -0.15) is 0 Å². The number of piperidine rings is 1. The summed E-state index contributed by atoms with van der Waals surface area (Å²) in [4.78, 5) is 18.3. The van der Waals surface area contributed by atoms with Gasteiger partial charge in [0.25, 0.3) is 0 Å². The van der Waals surface area contributed by atoms with Gasteiger partial charge in [0.1, 0.15) is 5.82 Å². The maximum absolute atomic E-state index is 11.5. The normalized spacial score (nSPS) is 19.3. The van der Waals surface area contributed by atoms with Gasteiger partial charge in [-0.05, 0) is 37.3 Å². The molecule has 2 heterocycles. The second-order valence-corrected chi connectivity index (χ2v) is 5.40. The molecule has 1 unspecified atom stereocenters. The lowest BCUT2D eigenvalue weighted by molar-refractivity contribution is -0.116. The van der Waals surface area contributed by atoms with Crippen molar-refractivity contribution in [1.29, 1.82) is 0 Å². The standard InChI is InChI=1S/C15H23N3O/c1-3-5-15(19)17-13-7-8-14(16-10-13)18-9-4-6-12(2)11-18/h7-8,10,12H,3-6,9,11H2,1-2H3,(H,17,19). The van der Waals surface area contributed by atoms with Crippen LogP contribution in [0, 0.1) is 5.92 Å². The lowest BCUT2D eigenvalue weighted by Gasteiger charge is -2.31. The number of hydrogen-bond acceptors (Lipinski definition) is 3. The first-order chi connectivity index (χ1) is 9.19. The van der Waals surface area contributed by atoms with Crippen molar-refractivity contribution in [3.8, 4) is 0 Å². The topological polar surface area (TPSA) is 45.2 Å². The molecule has 0 saturated carbocycles. The molecule has 4 heteroatoms. The van der Waals surface area contributed by atoms with Crippen molar-refractivity contribution in [2.45, 2.75) is 39.5 Å². The third-order valence-electron chi connectivity index (χ3n) is 3.49. The molecule has 4 nitrogen and oxygen atoms in total. The van der Waals surface area contributed by atoms with Gasteiger partial charge < -0.3 is 10.2 Å². The molecule has 1 aliphatic rings. The third-order valence-corrected chi connectivity index (χ3v) is 3.49. The first-order valence-electron chi connectivity index (χ1n) is 7.20. The first kappa shape index (κ1) is 13.8. The van der Waals surface area contributed by atoms with Gasteiger partial charge in [0.05, 0.1) is 11.9 Å². The van der Waals surface area contributed by atoms with E-state index in [1.807, 2.05) is 19.1 Å². The van der Waals surface area contributed by atoms with Crippen LogP contribution in [0.1, 0.15) is 39.5 Å². The minimum Gasteiger partial charge on any atom is -0.356 e. The van der Waals surface area contributed by atoms with Gasteiger partial charge in [-0.3, -0.25) is 4.79 Å². The number of rotatable bonds is 4. The fourth-order valence-corrected chi connectivity index (χ4v) is 2.50. The summed E-state index contributed by atoms with van der Waals surface area (Å²) in [6.45, 7) is 6.44. The lowest BCUT2D eigenvalue weighted by atomic mass is 10.0. The zero-order valence-corrected chi connectivity index (χ0v) is 11.9. The molecule has 1 aromatic heterocycles. The molecule has 0 aliphatic carbocycles. The van der Waals surface area contributed by atoms with Gasteiger partial charge in [-0.1, -0.05) is 13.8 Å². The van der Waals surface area contributed by atoms with Crippen molar-refractivity contribution in [1.82, 2.24) is 4.98 Å². The van der Waals surface area contributed by atoms with Crippen LogP contribution in [0.5, 0.6) is 0 Å². The van der Waals surface area contributed by atoms with Gasteiger partial charge in [0.2, 0.25) is 5.91 Å².